The molecule has 4 rings (SSSR count). The molecule has 0 atom stereocenters. The zero-order valence-electron chi connectivity index (χ0n) is 19.0. The Hall–Kier alpha value is -0.510. The molecule has 2 saturated heterocycles. The molecule has 1 saturated carbocycles. The Kier molecular flexibility index (Phi) is 10.3. The van der Waals surface area contributed by atoms with Crippen molar-refractivity contribution < 1.29 is 0 Å². The lowest BCUT2D eigenvalue weighted by molar-refractivity contribution is 0.107. The van der Waals surface area contributed by atoms with Gasteiger partial charge in [-0.3, -0.25) is 14.8 Å². The van der Waals surface area contributed by atoms with Gasteiger partial charge in [0.1, 0.15) is 0 Å². The largest absolute Gasteiger partial charge is 0.355 e. The first kappa shape index (κ1) is 25.1. The summed E-state index contributed by atoms with van der Waals surface area (Å²) in [6, 6.07) is 11.4. The summed E-state index contributed by atoms with van der Waals surface area (Å²) in [5.74, 6) is 3.57. The van der Waals surface area contributed by atoms with Crippen LogP contribution in [0, 0.1) is 0 Å². The van der Waals surface area contributed by atoms with E-state index in [4.69, 9.17) is 0 Å². The van der Waals surface area contributed by atoms with Gasteiger partial charge < -0.3 is 10.6 Å². The van der Waals surface area contributed by atoms with Crippen LogP contribution in [0.15, 0.2) is 35.3 Å². The summed E-state index contributed by atoms with van der Waals surface area (Å²) in [6.07, 6.45) is 7.78. The number of likely N-dealkylation sites (tertiary alicyclic amines) is 1. The Morgan fingerprint density at radius 2 is 1.74 bits per heavy atom. The molecule has 0 radical (unpaired) electrons. The molecular weight excluding hydrogens is 517 g/mol. The maximum absolute atomic E-state index is 4.56. The highest BCUT2D eigenvalue weighted by Gasteiger charge is 2.40. The Morgan fingerprint density at radius 3 is 2.39 bits per heavy atom. The molecule has 0 amide bonds. The number of thioether (sulfide) groups is 1. The highest BCUT2D eigenvalue weighted by Crippen LogP contribution is 2.36. The number of rotatable bonds is 6. The number of guanidine groups is 1. The maximum Gasteiger partial charge on any atom is 0.191 e. The van der Waals surface area contributed by atoms with E-state index in [1.54, 1.807) is 0 Å². The lowest BCUT2D eigenvalue weighted by atomic mass is 9.94. The van der Waals surface area contributed by atoms with Crippen molar-refractivity contribution in [3.63, 3.8) is 0 Å². The van der Waals surface area contributed by atoms with Crippen molar-refractivity contribution in [1.82, 2.24) is 20.4 Å². The Balaban J connectivity index is 0.00000272. The summed E-state index contributed by atoms with van der Waals surface area (Å²) in [6.45, 7) is 6.90. The molecule has 2 N–H and O–H groups in total. The third kappa shape index (κ3) is 6.98. The van der Waals surface area contributed by atoms with E-state index in [0.717, 1.165) is 32.1 Å². The van der Waals surface area contributed by atoms with Gasteiger partial charge in [0.2, 0.25) is 0 Å². The molecule has 0 unspecified atom stereocenters. The average Bonchev–Trinajstić information content (AvgIpc) is 3.29. The fraction of sp³-hybridized carbons (Fsp3) is 0.708. The number of benzene rings is 1. The molecule has 31 heavy (non-hydrogen) atoms. The van der Waals surface area contributed by atoms with Gasteiger partial charge in [0.25, 0.3) is 0 Å². The quantitative estimate of drug-likeness (QED) is 0.317. The van der Waals surface area contributed by atoms with E-state index in [0.29, 0.717) is 11.6 Å². The van der Waals surface area contributed by atoms with Crippen molar-refractivity contribution in [3.05, 3.63) is 35.9 Å². The zero-order valence-corrected chi connectivity index (χ0v) is 22.2. The van der Waals surface area contributed by atoms with Crippen molar-refractivity contribution in [3.8, 4) is 0 Å². The topological polar surface area (TPSA) is 42.9 Å². The number of nitrogens with zero attached hydrogens (tertiary/aromatic N) is 3. The highest BCUT2D eigenvalue weighted by atomic mass is 127. The SMILES string of the molecule is CN=C(NCC1(N2CCSCC2)CCCC1)NC1CCN(Cc2ccccc2)CC1.I. The number of halogens is 1. The normalized spacial score (nSPS) is 23.3. The number of hydrogen-bond acceptors (Lipinski definition) is 4. The second-order valence-electron chi connectivity index (χ2n) is 9.14. The van der Waals surface area contributed by atoms with E-state index in [1.165, 1.54) is 68.7 Å². The zero-order chi connectivity index (χ0) is 20.7. The van der Waals surface area contributed by atoms with Gasteiger partial charge in [0.15, 0.2) is 5.96 Å². The van der Waals surface area contributed by atoms with Crippen LogP contribution in [-0.2, 0) is 6.54 Å². The molecule has 0 spiro atoms. The molecular formula is C24H40IN5S. The fourth-order valence-electron chi connectivity index (χ4n) is 5.39. The van der Waals surface area contributed by atoms with Crippen molar-refractivity contribution in [1.29, 1.82) is 0 Å². The van der Waals surface area contributed by atoms with Crippen LogP contribution < -0.4 is 10.6 Å². The molecule has 1 aromatic carbocycles. The minimum absolute atomic E-state index is 0. The first-order valence-corrected chi connectivity index (χ1v) is 13.0. The smallest absolute Gasteiger partial charge is 0.191 e. The standard InChI is InChI=1S/C24H39N5S.HI/c1-25-23(26-20-24(11-5-6-12-24)29-15-17-30-18-16-29)27-22-9-13-28(14-10-22)19-21-7-3-2-4-8-21;/h2-4,7-8,22H,5-6,9-20H2,1H3,(H2,25,26,27);1H. The molecule has 5 nitrogen and oxygen atoms in total. The Labute approximate surface area is 210 Å². The number of piperidine rings is 1. The van der Waals surface area contributed by atoms with Gasteiger partial charge in [-0.1, -0.05) is 43.2 Å². The first-order valence-electron chi connectivity index (χ1n) is 11.8. The molecule has 3 fully saturated rings. The molecule has 2 aliphatic heterocycles. The van der Waals surface area contributed by atoms with E-state index < -0.39 is 0 Å². The third-order valence-electron chi connectivity index (χ3n) is 7.20. The van der Waals surface area contributed by atoms with Crippen LogP contribution >= 0.6 is 35.7 Å². The van der Waals surface area contributed by atoms with Gasteiger partial charge in [0.05, 0.1) is 0 Å². The van der Waals surface area contributed by atoms with Crippen molar-refractivity contribution in [2.24, 2.45) is 4.99 Å². The molecule has 1 aromatic rings. The van der Waals surface area contributed by atoms with Crippen molar-refractivity contribution in [2.75, 3.05) is 51.3 Å². The monoisotopic (exact) mass is 557 g/mol. The van der Waals surface area contributed by atoms with E-state index in [1.807, 2.05) is 7.05 Å². The number of nitrogens with one attached hydrogen (secondary N) is 2. The van der Waals surface area contributed by atoms with Crippen LogP contribution in [0.4, 0.5) is 0 Å². The third-order valence-corrected chi connectivity index (χ3v) is 8.14. The van der Waals surface area contributed by atoms with E-state index in [9.17, 15) is 0 Å². The van der Waals surface area contributed by atoms with Crippen LogP contribution in [0.2, 0.25) is 0 Å². The second-order valence-corrected chi connectivity index (χ2v) is 10.4. The van der Waals surface area contributed by atoms with Gasteiger partial charge in [-0.05, 0) is 31.2 Å². The number of aliphatic imine (C=N–C) groups is 1. The first-order chi connectivity index (χ1) is 14.8. The van der Waals surface area contributed by atoms with Crippen molar-refractivity contribution >= 4 is 41.7 Å². The Morgan fingerprint density at radius 1 is 1.06 bits per heavy atom. The molecule has 7 heteroatoms. The minimum Gasteiger partial charge on any atom is -0.355 e. The van der Waals surface area contributed by atoms with Crippen LogP contribution in [0.5, 0.6) is 0 Å². The molecule has 0 aromatic heterocycles. The van der Waals surface area contributed by atoms with E-state index >= 15 is 0 Å². The van der Waals surface area contributed by atoms with E-state index in [-0.39, 0.29) is 24.0 Å². The predicted octanol–water partition coefficient (Wildman–Crippen LogP) is 3.80. The van der Waals surface area contributed by atoms with E-state index in [2.05, 4.69) is 67.5 Å². The van der Waals surface area contributed by atoms with Crippen LogP contribution in [0.25, 0.3) is 0 Å². The minimum atomic E-state index is 0. The van der Waals surface area contributed by atoms with Crippen LogP contribution in [-0.4, -0.2) is 78.6 Å². The molecule has 2 heterocycles. The maximum atomic E-state index is 4.56. The summed E-state index contributed by atoms with van der Waals surface area (Å²) in [7, 11) is 1.92. The summed E-state index contributed by atoms with van der Waals surface area (Å²) >= 11 is 2.11. The summed E-state index contributed by atoms with van der Waals surface area (Å²) in [5, 5.41) is 7.45. The molecule has 174 valence electrons. The van der Waals surface area contributed by atoms with Crippen molar-refractivity contribution in [2.45, 2.75) is 56.7 Å². The summed E-state index contributed by atoms with van der Waals surface area (Å²) in [5.41, 5.74) is 1.76. The molecule has 1 aliphatic carbocycles. The van der Waals surface area contributed by atoms with Gasteiger partial charge in [-0.25, -0.2) is 0 Å². The lowest BCUT2D eigenvalue weighted by Crippen LogP contribution is -2.58. The summed E-state index contributed by atoms with van der Waals surface area (Å²) < 4.78 is 0. The highest BCUT2D eigenvalue weighted by molar-refractivity contribution is 14.0. The number of hydrogen-bond donors (Lipinski definition) is 2. The predicted molar refractivity (Wildman–Crippen MR) is 145 cm³/mol. The Bertz CT molecular complexity index is 666. The average molecular weight is 558 g/mol. The van der Waals surface area contributed by atoms with Gasteiger partial charge in [-0.15, -0.1) is 24.0 Å². The lowest BCUT2D eigenvalue weighted by Gasteiger charge is -2.44. The van der Waals surface area contributed by atoms with Crippen LogP contribution in [0.3, 0.4) is 0 Å². The summed E-state index contributed by atoms with van der Waals surface area (Å²) in [4.78, 5) is 9.92. The van der Waals surface area contributed by atoms with Crippen LogP contribution in [0.1, 0.15) is 44.1 Å². The molecule has 0 bridgehead atoms. The van der Waals surface area contributed by atoms with Gasteiger partial charge in [-0.2, -0.15) is 11.8 Å². The van der Waals surface area contributed by atoms with Gasteiger partial charge in [0, 0.05) is 69.4 Å². The fourth-order valence-corrected chi connectivity index (χ4v) is 6.29. The second kappa shape index (κ2) is 12.7. The van der Waals surface area contributed by atoms with Gasteiger partial charge >= 0.3 is 0 Å². The molecule has 3 aliphatic rings.